The molecule has 0 bridgehead atoms. The van der Waals surface area contributed by atoms with E-state index in [2.05, 4.69) is 0 Å². The van der Waals surface area contributed by atoms with Crippen LogP contribution in [0.25, 0.3) is 11.1 Å². The normalized spacial score (nSPS) is 10.3. The quantitative estimate of drug-likeness (QED) is 0.720. The average Bonchev–Trinajstić information content (AvgIpc) is 2.66. The first-order valence-corrected chi connectivity index (χ1v) is 8.51. The molecule has 0 spiro atoms. The molecule has 0 aliphatic heterocycles. The van der Waals surface area contributed by atoms with Crippen molar-refractivity contribution in [1.82, 2.24) is 9.80 Å². The topological polar surface area (TPSA) is 57.7 Å². The van der Waals surface area contributed by atoms with Gasteiger partial charge in [0.15, 0.2) is 5.78 Å². The third-order valence-corrected chi connectivity index (χ3v) is 4.18. The number of Topliss-reactive ketones (excluding diaryl/α,β-unsaturated/α-hetero) is 1. The molecule has 2 amide bonds. The second-order valence-corrected chi connectivity index (χ2v) is 6.40. The van der Waals surface area contributed by atoms with E-state index in [1.807, 2.05) is 42.5 Å². The van der Waals surface area contributed by atoms with Gasteiger partial charge < -0.3 is 9.80 Å². The second-order valence-electron chi connectivity index (χ2n) is 6.40. The Morgan fingerprint density at radius 2 is 1.31 bits per heavy atom. The predicted molar refractivity (Wildman–Crippen MR) is 102 cm³/mol. The van der Waals surface area contributed by atoms with Crippen molar-refractivity contribution in [2.24, 2.45) is 0 Å². The number of ketones is 1. The molecule has 0 aliphatic carbocycles. The number of hydrogen-bond acceptors (Lipinski definition) is 3. The fourth-order valence-corrected chi connectivity index (χ4v) is 2.47. The molecule has 136 valence electrons. The van der Waals surface area contributed by atoms with E-state index in [0.717, 1.165) is 11.1 Å². The van der Waals surface area contributed by atoms with Crippen molar-refractivity contribution in [1.29, 1.82) is 0 Å². The minimum absolute atomic E-state index is 0.0196. The van der Waals surface area contributed by atoms with Crippen LogP contribution in [0.15, 0.2) is 54.6 Å². The number of carbonyl (C=O) groups excluding carboxylic acids is 3. The van der Waals surface area contributed by atoms with Crippen LogP contribution < -0.4 is 0 Å². The van der Waals surface area contributed by atoms with E-state index in [9.17, 15) is 14.4 Å². The standard InChI is InChI=1S/C21H24N2O3/c1-22(2)21(26)15-23(3)20(25)14-13-19(24)18-11-9-17(10-12-18)16-7-5-4-6-8-16/h4-12H,13-15H2,1-3H3. The summed E-state index contributed by atoms with van der Waals surface area (Å²) >= 11 is 0. The molecule has 0 atom stereocenters. The summed E-state index contributed by atoms with van der Waals surface area (Å²) in [6.45, 7) is 0.0196. The molecule has 0 aromatic heterocycles. The Balaban J connectivity index is 1.89. The fraction of sp³-hybridized carbons (Fsp3) is 0.286. The Morgan fingerprint density at radius 1 is 0.731 bits per heavy atom. The first-order valence-electron chi connectivity index (χ1n) is 8.51. The molecule has 2 aromatic carbocycles. The molecule has 5 nitrogen and oxygen atoms in total. The first-order chi connectivity index (χ1) is 12.4. The molecule has 0 unspecified atom stereocenters. The van der Waals surface area contributed by atoms with Gasteiger partial charge in [-0.25, -0.2) is 0 Å². The van der Waals surface area contributed by atoms with Crippen LogP contribution >= 0.6 is 0 Å². The summed E-state index contributed by atoms with van der Waals surface area (Å²) in [5, 5.41) is 0. The number of rotatable bonds is 7. The highest BCUT2D eigenvalue weighted by molar-refractivity contribution is 5.98. The molecule has 0 radical (unpaired) electrons. The lowest BCUT2D eigenvalue weighted by Gasteiger charge is -2.19. The van der Waals surface area contributed by atoms with Crippen LogP contribution in [0.5, 0.6) is 0 Å². The second kappa shape index (κ2) is 8.94. The highest BCUT2D eigenvalue weighted by atomic mass is 16.2. The molecule has 2 aromatic rings. The van der Waals surface area contributed by atoms with Crippen LogP contribution in [-0.4, -0.2) is 55.1 Å². The van der Waals surface area contributed by atoms with Crippen molar-refractivity contribution >= 4 is 17.6 Å². The van der Waals surface area contributed by atoms with Crippen LogP contribution in [0.3, 0.4) is 0 Å². The van der Waals surface area contributed by atoms with Gasteiger partial charge in [0.25, 0.3) is 0 Å². The van der Waals surface area contributed by atoms with Crippen molar-refractivity contribution in [3.8, 4) is 11.1 Å². The maximum Gasteiger partial charge on any atom is 0.241 e. The lowest BCUT2D eigenvalue weighted by atomic mass is 10.0. The maximum atomic E-state index is 12.3. The Morgan fingerprint density at radius 3 is 1.88 bits per heavy atom. The Kier molecular flexibility index (Phi) is 6.67. The van der Waals surface area contributed by atoms with Gasteiger partial charge in [0, 0.05) is 39.5 Å². The van der Waals surface area contributed by atoms with Gasteiger partial charge in [-0.3, -0.25) is 14.4 Å². The molecular weight excluding hydrogens is 328 g/mol. The van der Waals surface area contributed by atoms with E-state index in [0.29, 0.717) is 5.56 Å². The number of benzene rings is 2. The van der Waals surface area contributed by atoms with Crippen LogP contribution in [0.4, 0.5) is 0 Å². The molecular formula is C21H24N2O3. The summed E-state index contributed by atoms with van der Waals surface area (Å²) in [6.07, 6.45) is 0.223. The van der Waals surface area contributed by atoms with Gasteiger partial charge in [-0.1, -0.05) is 54.6 Å². The van der Waals surface area contributed by atoms with Gasteiger partial charge in [0.2, 0.25) is 11.8 Å². The van der Waals surface area contributed by atoms with E-state index < -0.39 is 0 Å². The molecule has 0 saturated carbocycles. The number of amides is 2. The zero-order valence-electron chi connectivity index (χ0n) is 15.4. The lowest BCUT2D eigenvalue weighted by Crippen LogP contribution is -2.37. The molecule has 0 fully saturated rings. The van der Waals surface area contributed by atoms with Gasteiger partial charge in [-0.2, -0.15) is 0 Å². The van der Waals surface area contributed by atoms with Gasteiger partial charge in [0.1, 0.15) is 0 Å². The van der Waals surface area contributed by atoms with E-state index in [1.165, 1.54) is 9.80 Å². The van der Waals surface area contributed by atoms with Gasteiger partial charge >= 0.3 is 0 Å². The first kappa shape index (κ1) is 19.4. The summed E-state index contributed by atoms with van der Waals surface area (Å²) in [4.78, 5) is 38.8. The smallest absolute Gasteiger partial charge is 0.241 e. The molecule has 2 rings (SSSR count). The fourth-order valence-electron chi connectivity index (χ4n) is 2.47. The SMILES string of the molecule is CN(C)C(=O)CN(C)C(=O)CCC(=O)c1ccc(-c2ccccc2)cc1. The number of hydrogen-bond donors (Lipinski definition) is 0. The molecule has 0 heterocycles. The highest BCUT2D eigenvalue weighted by Gasteiger charge is 2.16. The van der Waals surface area contributed by atoms with Gasteiger partial charge in [-0.05, 0) is 11.1 Å². The number of carbonyl (C=O) groups is 3. The monoisotopic (exact) mass is 352 g/mol. The van der Waals surface area contributed by atoms with Crippen LogP contribution in [-0.2, 0) is 9.59 Å². The summed E-state index contributed by atoms with van der Waals surface area (Å²) < 4.78 is 0. The van der Waals surface area contributed by atoms with Gasteiger partial charge in [-0.15, -0.1) is 0 Å². The van der Waals surface area contributed by atoms with Crippen molar-refractivity contribution in [2.75, 3.05) is 27.7 Å². The largest absolute Gasteiger partial charge is 0.347 e. The Bertz CT molecular complexity index is 768. The summed E-state index contributed by atoms with van der Waals surface area (Å²) in [5.41, 5.74) is 2.72. The van der Waals surface area contributed by atoms with E-state index in [-0.39, 0.29) is 37.0 Å². The van der Waals surface area contributed by atoms with Crippen molar-refractivity contribution in [3.63, 3.8) is 0 Å². The van der Waals surface area contributed by atoms with Crippen LogP contribution in [0.1, 0.15) is 23.2 Å². The molecule has 5 heteroatoms. The number of likely N-dealkylation sites (N-methyl/N-ethyl adjacent to an activating group) is 2. The van der Waals surface area contributed by atoms with E-state index in [1.54, 1.807) is 33.3 Å². The van der Waals surface area contributed by atoms with Crippen LogP contribution in [0.2, 0.25) is 0 Å². The summed E-state index contributed by atoms with van der Waals surface area (Å²) in [5.74, 6) is -0.441. The van der Waals surface area contributed by atoms with Gasteiger partial charge in [0.05, 0.1) is 6.54 Å². The minimum Gasteiger partial charge on any atom is -0.347 e. The Labute approximate surface area is 154 Å². The summed E-state index contributed by atoms with van der Waals surface area (Å²) in [6, 6.07) is 17.3. The summed E-state index contributed by atoms with van der Waals surface area (Å²) in [7, 11) is 4.86. The third-order valence-electron chi connectivity index (χ3n) is 4.18. The Hall–Kier alpha value is -2.95. The van der Waals surface area contributed by atoms with Crippen molar-refractivity contribution in [2.45, 2.75) is 12.8 Å². The van der Waals surface area contributed by atoms with E-state index >= 15 is 0 Å². The highest BCUT2D eigenvalue weighted by Crippen LogP contribution is 2.20. The zero-order chi connectivity index (χ0) is 19.1. The molecule has 0 aliphatic rings. The molecule has 0 saturated heterocycles. The average molecular weight is 352 g/mol. The van der Waals surface area contributed by atoms with Crippen molar-refractivity contribution in [3.05, 3.63) is 60.2 Å². The molecule has 26 heavy (non-hydrogen) atoms. The van der Waals surface area contributed by atoms with Crippen LogP contribution in [0, 0.1) is 0 Å². The van der Waals surface area contributed by atoms with E-state index in [4.69, 9.17) is 0 Å². The molecule has 0 N–H and O–H groups in total. The minimum atomic E-state index is -0.213. The van der Waals surface area contributed by atoms with Crippen molar-refractivity contribution < 1.29 is 14.4 Å². The third kappa shape index (κ3) is 5.28. The maximum absolute atomic E-state index is 12.3. The number of nitrogens with zero attached hydrogens (tertiary/aromatic N) is 2. The zero-order valence-corrected chi connectivity index (χ0v) is 15.4. The predicted octanol–water partition coefficient (Wildman–Crippen LogP) is 2.86. The lowest BCUT2D eigenvalue weighted by molar-refractivity contribution is -0.137.